The highest BCUT2D eigenvalue weighted by atomic mass is 16.3. The van der Waals surface area contributed by atoms with Gasteiger partial charge >= 0.3 is 23.6 Å². The summed E-state index contributed by atoms with van der Waals surface area (Å²) < 4.78 is 0. The summed E-state index contributed by atoms with van der Waals surface area (Å²) >= 11 is 0. The Labute approximate surface area is 212 Å². The number of carbonyl (C=O) groups excluding carboxylic acids is 4. The Morgan fingerprint density at radius 1 is 0.833 bits per heavy atom. The van der Waals surface area contributed by atoms with Crippen molar-refractivity contribution in [3.8, 4) is 5.75 Å². The molecule has 1 aromatic carbocycles. The number of unbranched alkanes of at least 4 members (excludes halogenated alkanes) is 1. The lowest BCUT2D eigenvalue weighted by Gasteiger charge is -2.38. The van der Waals surface area contributed by atoms with Crippen molar-refractivity contribution in [1.82, 2.24) is 20.0 Å². The average Bonchev–Trinajstić information content (AvgIpc) is 2.89. The lowest BCUT2D eigenvalue weighted by molar-refractivity contribution is -0.156. The van der Waals surface area contributed by atoms with Crippen LogP contribution >= 0.6 is 0 Å². The maximum absolute atomic E-state index is 12.6. The number of aromatic hydroxyl groups is 1. The van der Waals surface area contributed by atoms with Crippen molar-refractivity contribution in [1.29, 1.82) is 0 Å². The van der Waals surface area contributed by atoms with Gasteiger partial charge in [0.25, 0.3) is 0 Å². The Morgan fingerprint density at radius 2 is 1.50 bits per heavy atom. The van der Waals surface area contributed by atoms with Crippen molar-refractivity contribution >= 4 is 23.6 Å². The Balaban J connectivity index is 1.20. The standard InChI is InChI=1S/C27H38N4O5/c32-23-11-9-20(10-12-23)13-15-30-17-16-29(26(35)27(30)36)14-5-4-8-22-18-28-24(33)25(34)31(22)19-21-6-2-1-3-7-21/h9-12,21-22,32H,1-8,13-19H2,(H,28,33)/t22-/m1/s1. The third-order valence-electron chi connectivity index (χ3n) is 7.79. The van der Waals surface area contributed by atoms with Gasteiger partial charge in [-0.25, -0.2) is 0 Å². The second kappa shape index (κ2) is 12.2. The molecule has 196 valence electrons. The van der Waals surface area contributed by atoms with E-state index < -0.39 is 23.6 Å². The van der Waals surface area contributed by atoms with Crippen molar-refractivity contribution in [2.45, 2.75) is 63.8 Å². The van der Waals surface area contributed by atoms with Gasteiger partial charge in [-0.15, -0.1) is 0 Å². The monoisotopic (exact) mass is 498 g/mol. The van der Waals surface area contributed by atoms with Crippen LogP contribution in [0.5, 0.6) is 5.75 Å². The fourth-order valence-electron chi connectivity index (χ4n) is 5.58. The second-order valence-electron chi connectivity index (χ2n) is 10.3. The van der Waals surface area contributed by atoms with Gasteiger partial charge in [0, 0.05) is 45.3 Å². The smallest absolute Gasteiger partial charge is 0.312 e. The molecule has 2 heterocycles. The molecule has 2 saturated heterocycles. The Hall–Kier alpha value is -3.10. The summed E-state index contributed by atoms with van der Waals surface area (Å²) in [5.41, 5.74) is 1.00. The minimum Gasteiger partial charge on any atom is -0.508 e. The summed E-state index contributed by atoms with van der Waals surface area (Å²) in [5.74, 6) is -1.15. The van der Waals surface area contributed by atoms with E-state index in [1.807, 2.05) is 12.1 Å². The molecule has 0 unspecified atom stereocenters. The van der Waals surface area contributed by atoms with Crippen LogP contribution < -0.4 is 5.32 Å². The minimum absolute atomic E-state index is 0.00814. The number of amides is 4. The Morgan fingerprint density at radius 3 is 2.19 bits per heavy atom. The highest BCUT2D eigenvalue weighted by Gasteiger charge is 2.35. The van der Waals surface area contributed by atoms with E-state index in [-0.39, 0.29) is 11.8 Å². The number of nitrogens with one attached hydrogen (secondary N) is 1. The van der Waals surface area contributed by atoms with Crippen molar-refractivity contribution in [2.24, 2.45) is 5.92 Å². The zero-order chi connectivity index (χ0) is 25.5. The minimum atomic E-state index is -0.505. The van der Waals surface area contributed by atoms with Gasteiger partial charge < -0.3 is 25.1 Å². The van der Waals surface area contributed by atoms with Gasteiger partial charge in [0.2, 0.25) is 0 Å². The number of nitrogens with zero attached hydrogens (tertiary/aromatic N) is 3. The van der Waals surface area contributed by atoms with E-state index in [9.17, 15) is 24.3 Å². The molecule has 9 nitrogen and oxygen atoms in total. The van der Waals surface area contributed by atoms with E-state index in [0.29, 0.717) is 51.6 Å². The van der Waals surface area contributed by atoms with Gasteiger partial charge in [-0.3, -0.25) is 19.2 Å². The fourth-order valence-corrected chi connectivity index (χ4v) is 5.58. The van der Waals surface area contributed by atoms with Crippen LogP contribution in [0.1, 0.15) is 56.9 Å². The summed E-state index contributed by atoms with van der Waals surface area (Å²) in [5, 5.41) is 12.1. The molecule has 36 heavy (non-hydrogen) atoms. The lowest BCUT2D eigenvalue weighted by atomic mass is 9.88. The number of piperazine rings is 2. The van der Waals surface area contributed by atoms with Crippen LogP contribution in [-0.2, 0) is 25.6 Å². The van der Waals surface area contributed by atoms with Gasteiger partial charge in [-0.05, 0) is 62.1 Å². The average molecular weight is 499 g/mol. The van der Waals surface area contributed by atoms with Gasteiger partial charge in [0.05, 0.1) is 0 Å². The van der Waals surface area contributed by atoms with Crippen LogP contribution in [0.3, 0.4) is 0 Å². The highest BCUT2D eigenvalue weighted by molar-refractivity contribution is 6.36. The summed E-state index contributed by atoms with van der Waals surface area (Å²) in [4.78, 5) is 54.8. The van der Waals surface area contributed by atoms with E-state index in [1.54, 1.807) is 26.8 Å². The van der Waals surface area contributed by atoms with Crippen molar-refractivity contribution in [2.75, 3.05) is 39.3 Å². The maximum Gasteiger partial charge on any atom is 0.312 e. The summed E-state index contributed by atoms with van der Waals surface area (Å²) in [6.45, 7) is 3.17. The molecular weight excluding hydrogens is 460 g/mol. The molecule has 4 rings (SSSR count). The summed E-state index contributed by atoms with van der Waals surface area (Å²) in [6.07, 6.45) is 8.86. The van der Waals surface area contributed by atoms with Crippen LogP contribution in [0, 0.1) is 5.92 Å². The molecule has 0 aromatic heterocycles. The molecule has 1 atom stereocenters. The third-order valence-corrected chi connectivity index (χ3v) is 7.79. The molecule has 2 aliphatic heterocycles. The van der Waals surface area contributed by atoms with Crippen molar-refractivity contribution in [3.05, 3.63) is 29.8 Å². The summed E-state index contributed by atoms with van der Waals surface area (Å²) in [6, 6.07) is 6.87. The van der Waals surface area contributed by atoms with Gasteiger partial charge in [0.1, 0.15) is 5.75 Å². The molecule has 0 radical (unpaired) electrons. The Bertz CT molecular complexity index is 944. The zero-order valence-electron chi connectivity index (χ0n) is 21.0. The van der Waals surface area contributed by atoms with Crippen molar-refractivity contribution < 1.29 is 24.3 Å². The third kappa shape index (κ3) is 6.56. The number of carbonyl (C=O) groups is 4. The quantitative estimate of drug-likeness (QED) is 0.377. The molecule has 1 aliphatic carbocycles. The van der Waals surface area contributed by atoms with Crippen LogP contribution in [0.4, 0.5) is 0 Å². The maximum atomic E-state index is 12.6. The molecule has 1 saturated carbocycles. The first-order valence-corrected chi connectivity index (χ1v) is 13.4. The van der Waals surface area contributed by atoms with E-state index in [4.69, 9.17) is 0 Å². The van der Waals surface area contributed by atoms with E-state index >= 15 is 0 Å². The molecule has 2 N–H and O–H groups in total. The van der Waals surface area contributed by atoms with Crippen molar-refractivity contribution in [3.63, 3.8) is 0 Å². The van der Waals surface area contributed by atoms with Crippen LogP contribution in [-0.4, -0.2) is 88.7 Å². The number of rotatable bonds is 10. The van der Waals surface area contributed by atoms with E-state index in [1.165, 1.54) is 19.3 Å². The van der Waals surface area contributed by atoms with Gasteiger partial charge in [-0.2, -0.15) is 0 Å². The topological polar surface area (TPSA) is 110 Å². The summed E-state index contributed by atoms with van der Waals surface area (Å²) in [7, 11) is 0. The number of benzene rings is 1. The lowest BCUT2D eigenvalue weighted by Crippen LogP contribution is -2.59. The Kier molecular flexibility index (Phi) is 8.83. The number of hydrogen-bond donors (Lipinski definition) is 2. The zero-order valence-corrected chi connectivity index (χ0v) is 21.0. The molecule has 0 bridgehead atoms. The van der Waals surface area contributed by atoms with Gasteiger partial charge in [0.15, 0.2) is 0 Å². The molecule has 3 aliphatic rings. The molecule has 1 aromatic rings. The SMILES string of the molecule is O=C1NC[C@@H](CCCCN2CCN(CCc3ccc(O)cc3)C(=O)C2=O)N(CC2CCCCC2)C1=O. The largest absolute Gasteiger partial charge is 0.508 e. The van der Waals surface area contributed by atoms with Crippen LogP contribution in [0.15, 0.2) is 24.3 Å². The van der Waals surface area contributed by atoms with Crippen LogP contribution in [0.25, 0.3) is 0 Å². The van der Waals surface area contributed by atoms with Gasteiger partial charge in [-0.1, -0.05) is 31.4 Å². The number of phenols is 1. The first kappa shape index (κ1) is 26.0. The second-order valence-corrected chi connectivity index (χ2v) is 10.3. The molecule has 3 fully saturated rings. The molecule has 0 spiro atoms. The first-order chi connectivity index (χ1) is 17.4. The first-order valence-electron chi connectivity index (χ1n) is 13.4. The number of phenolic OH excluding ortho intramolecular Hbond substituents is 1. The fraction of sp³-hybridized carbons (Fsp3) is 0.630. The van der Waals surface area contributed by atoms with E-state index in [2.05, 4.69) is 5.32 Å². The normalized spacial score (nSPS) is 21.8. The molecular formula is C27H38N4O5. The predicted molar refractivity (Wildman–Crippen MR) is 134 cm³/mol. The van der Waals surface area contributed by atoms with E-state index in [0.717, 1.165) is 37.7 Å². The highest BCUT2D eigenvalue weighted by Crippen LogP contribution is 2.26. The molecule has 9 heteroatoms. The van der Waals surface area contributed by atoms with Crippen LogP contribution in [0.2, 0.25) is 0 Å². The molecule has 4 amide bonds. The predicted octanol–water partition coefficient (Wildman–Crippen LogP) is 1.68. The number of hydrogen-bond acceptors (Lipinski definition) is 5.